The van der Waals surface area contributed by atoms with Gasteiger partial charge in [-0.2, -0.15) is 4.98 Å². The summed E-state index contributed by atoms with van der Waals surface area (Å²) >= 11 is 0. The van der Waals surface area contributed by atoms with Crippen LogP contribution in [0.1, 0.15) is 64.1 Å². The first-order chi connectivity index (χ1) is 11.1. The Morgan fingerprint density at radius 1 is 1.39 bits per heavy atom. The zero-order chi connectivity index (χ0) is 16.3. The van der Waals surface area contributed by atoms with Crippen LogP contribution in [0.5, 0.6) is 0 Å². The van der Waals surface area contributed by atoms with Crippen LogP contribution >= 0.6 is 0 Å². The molecule has 1 aliphatic heterocycles. The number of nitrogens with one attached hydrogen (secondary N) is 1. The number of aliphatic imine (C=N–C) groups is 1. The molecule has 128 valence electrons. The van der Waals surface area contributed by atoms with E-state index in [1.54, 1.807) is 0 Å². The predicted molar refractivity (Wildman–Crippen MR) is 90.5 cm³/mol. The lowest BCUT2D eigenvalue weighted by Crippen LogP contribution is -2.42. The average Bonchev–Trinajstić information content (AvgIpc) is 3.13. The van der Waals surface area contributed by atoms with Crippen molar-refractivity contribution in [2.75, 3.05) is 26.2 Å². The molecule has 0 amide bonds. The smallest absolute Gasteiger partial charge is 0.228 e. The molecule has 6 nitrogen and oxygen atoms in total. The van der Waals surface area contributed by atoms with Crippen molar-refractivity contribution in [3.05, 3.63) is 11.7 Å². The molecule has 0 unspecified atom stereocenters. The van der Waals surface area contributed by atoms with E-state index in [4.69, 9.17) is 9.52 Å². The number of hydrogen-bond donors (Lipinski definition) is 1. The van der Waals surface area contributed by atoms with Crippen LogP contribution < -0.4 is 5.32 Å². The first-order valence-corrected chi connectivity index (χ1v) is 8.98. The van der Waals surface area contributed by atoms with E-state index in [-0.39, 0.29) is 0 Å². The van der Waals surface area contributed by atoms with Gasteiger partial charge in [-0.1, -0.05) is 25.4 Å². The van der Waals surface area contributed by atoms with Crippen LogP contribution in [0.15, 0.2) is 9.52 Å². The van der Waals surface area contributed by atoms with Gasteiger partial charge in [-0.15, -0.1) is 0 Å². The maximum Gasteiger partial charge on any atom is 0.228 e. The topological polar surface area (TPSA) is 66.5 Å². The molecular weight excluding hydrogens is 290 g/mol. The predicted octanol–water partition coefficient (Wildman–Crippen LogP) is 2.58. The van der Waals surface area contributed by atoms with Crippen LogP contribution in [-0.4, -0.2) is 47.2 Å². The number of hydrogen-bond acceptors (Lipinski definition) is 4. The average molecular weight is 319 g/mol. The van der Waals surface area contributed by atoms with Crippen molar-refractivity contribution < 1.29 is 4.52 Å². The highest BCUT2D eigenvalue weighted by Crippen LogP contribution is 2.47. The highest BCUT2D eigenvalue weighted by molar-refractivity contribution is 5.80. The Kier molecular flexibility index (Phi) is 4.87. The molecule has 1 aliphatic carbocycles. The van der Waals surface area contributed by atoms with Gasteiger partial charge in [-0.3, -0.25) is 4.99 Å². The molecule has 1 N–H and O–H groups in total. The minimum atomic E-state index is 0.302. The van der Waals surface area contributed by atoms with Gasteiger partial charge in [0.2, 0.25) is 5.89 Å². The van der Waals surface area contributed by atoms with Crippen molar-refractivity contribution in [2.45, 2.75) is 58.8 Å². The number of guanidine groups is 1. The molecule has 6 heteroatoms. The van der Waals surface area contributed by atoms with Crippen LogP contribution in [0.4, 0.5) is 0 Å². The van der Waals surface area contributed by atoms with Gasteiger partial charge in [0.15, 0.2) is 11.8 Å². The van der Waals surface area contributed by atoms with Gasteiger partial charge in [0.25, 0.3) is 0 Å². The SMILES string of the molecule is CCNC(=NCCc1nc(C(C)C)no1)N1CCC2(CCC2)C1. The maximum absolute atomic E-state index is 5.29. The third-order valence-corrected chi connectivity index (χ3v) is 5.07. The van der Waals surface area contributed by atoms with Crippen LogP contribution in [0, 0.1) is 5.41 Å². The molecule has 0 bridgehead atoms. The van der Waals surface area contributed by atoms with E-state index in [0.717, 1.165) is 31.4 Å². The molecule has 0 atom stereocenters. The quantitative estimate of drug-likeness (QED) is 0.667. The van der Waals surface area contributed by atoms with Gasteiger partial charge in [-0.05, 0) is 31.6 Å². The molecule has 1 spiro atoms. The zero-order valence-corrected chi connectivity index (χ0v) is 14.6. The molecule has 1 saturated heterocycles. The second-order valence-electron chi connectivity index (χ2n) is 7.21. The fraction of sp³-hybridized carbons (Fsp3) is 0.824. The largest absolute Gasteiger partial charge is 0.357 e. The summed E-state index contributed by atoms with van der Waals surface area (Å²) in [5.74, 6) is 2.81. The Hall–Kier alpha value is -1.59. The van der Waals surface area contributed by atoms with Crippen LogP contribution in [0.25, 0.3) is 0 Å². The number of nitrogens with zero attached hydrogens (tertiary/aromatic N) is 4. The van der Waals surface area contributed by atoms with Gasteiger partial charge < -0.3 is 14.7 Å². The molecular formula is C17H29N5O. The molecule has 1 saturated carbocycles. The fourth-order valence-electron chi connectivity index (χ4n) is 3.49. The van der Waals surface area contributed by atoms with Crippen molar-refractivity contribution in [3.63, 3.8) is 0 Å². The number of aromatic nitrogens is 2. The van der Waals surface area contributed by atoms with Gasteiger partial charge in [0.1, 0.15) is 0 Å². The molecule has 3 rings (SSSR count). The monoisotopic (exact) mass is 319 g/mol. The van der Waals surface area contributed by atoms with Crippen molar-refractivity contribution in [3.8, 4) is 0 Å². The summed E-state index contributed by atoms with van der Waals surface area (Å²) in [5, 5.41) is 7.43. The van der Waals surface area contributed by atoms with Gasteiger partial charge in [0.05, 0.1) is 6.54 Å². The number of likely N-dealkylation sites (tertiary alicyclic amines) is 1. The van der Waals surface area contributed by atoms with E-state index in [0.29, 0.717) is 30.2 Å². The van der Waals surface area contributed by atoms with Gasteiger partial charge >= 0.3 is 0 Å². The summed E-state index contributed by atoms with van der Waals surface area (Å²) in [7, 11) is 0. The highest BCUT2D eigenvalue weighted by atomic mass is 16.5. The standard InChI is InChI=1S/C17H29N5O/c1-4-18-16(22-11-9-17(12-22)7-5-8-17)19-10-6-14-20-15(13(2)3)21-23-14/h13H,4-12H2,1-3H3,(H,18,19). The van der Waals surface area contributed by atoms with E-state index >= 15 is 0 Å². The summed E-state index contributed by atoms with van der Waals surface area (Å²) in [6.45, 7) is 10.1. The maximum atomic E-state index is 5.29. The Balaban J connectivity index is 1.56. The molecule has 2 heterocycles. The summed E-state index contributed by atoms with van der Waals surface area (Å²) in [5.41, 5.74) is 0.592. The molecule has 1 aromatic heterocycles. The second-order valence-corrected chi connectivity index (χ2v) is 7.21. The fourth-order valence-corrected chi connectivity index (χ4v) is 3.49. The summed E-state index contributed by atoms with van der Waals surface area (Å²) < 4.78 is 5.29. The van der Waals surface area contributed by atoms with E-state index in [1.807, 2.05) is 0 Å². The normalized spacial score (nSPS) is 20.3. The molecule has 1 aromatic rings. The third kappa shape index (κ3) is 3.67. The van der Waals surface area contributed by atoms with E-state index in [1.165, 1.54) is 25.7 Å². The van der Waals surface area contributed by atoms with Gasteiger partial charge in [-0.25, -0.2) is 0 Å². The molecule has 2 aliphatic rings. The lowest BCUT2D eigenvalue weighted by atomic mass is 9.68. The summed E-state index contributed by atoms with van der Waals surface area (Å²) in [4.78, 5) is 11.6. The van der Waals surface area contributed by atoms with Crippen LogP contribution in [0.3, 0.4) is 0 Å². The van der Waals surface area contributed by atoms with Crippen molar-refractivity contribution in [1.82, 2.24) is 20.4 Å². The minimum Gasteiger partial charge on any atom is -0.357 e. The van der Waals surface area contributed by atoms with E-state index < -0.39 is 0 Å². The molecule has 0 aromatic carbocycles. The van der Waals surface area contributed by atoms with Crippen LogP contribution in [-0.2, 0) is 6.42 Å². The van der Waals surface area contributed by atoms with E-state index in [9.17, 15) is 0 Å². The highest BCUT2D eigenvalue weighted by Gasteiger charge is 2.43. The summed E-state index contributed by atoms with van der Waals surface area (Å²) in [6.07, 6.45) is 6.20. The third-order valence-electron chi connectivity index (χ3n) is 5.07. The molecule has 23 heavy (non-hydrogen) atoms. The molecule has 2 fully saturated rings. The van der Waals surface area contributed by atoms with Gasteiger partial charge in [0, 0.05) is 32.0 Å². The van der Waals surface area contributed by atoms with Crippen LogP contribution in [0.2, 0.25) is 0 Å². The Morgan fingerprint density at radius 2 is 2.22 bits per heavy atom. The lowest BCUT2D eigenvalue weighted by molar-refractivity contribution is 0.151. The number of rotatable bonds is 5. The molecule has 0 radical (unpaired) electrons. The first kappa shape index (κ1) is 16.3. The summed E-state index contributed by atoms with van der Waals surface area (Å²) in [6, 6.07) is 0. The second kappa shape index (κ2) is 6.89. The van der Waals surface area contributed by atoms with Crippen molar-refractivity contribution in [1.29, 1.82) is 0 Å². The Morgan fingerprint density at radius 3 is 2.78 bits per heavy atom. The first-order valence-electron chi connectivity index (χ1n) is 8.98. The van der Waals surface area contributed by atoms with E-state index in [2.05, 4.69) is 41.1 Å². The lowest BCUT2D eigenvalue weighted by Gasteiger charge is -2.38. The Bertz CT molecular complexity index is 547. The van der Waals surface area contributed by atoms with Crippen molar-refractivity contribution in [2.24, 2.45) is 10.4 Å². The Labute approximate surface area is 138 Å². The van der Waals surface area contributed by atoms with Crippen molar-refractivity contribution >= 4 is 5.96 Å². The minimum absolute atomic E-state index is 0.302. The zero-order valence-electron chi connectivity index (χ0n) is 14.6.